The summed E-state index contributed by atoms with van der Waals surface area (Å²) in [5.41, 5.74) is 0.955. The van der Waals surface area contributed by atoms with E-state index in [1.165, 1.54) is 0 Å². The first-order valence-corrected chi connectivity index (χ1v) is 6.71. The van der Waals surface area contributed by atoms with Crippen LogP contribution in [-0.4, -0.2) is 21.9 Å². The molecular weight excluding hydrogens is 303 g/mol. The van der Waals surface area contributed by atoms with E-state index >= 15 is 0 Å². The normalized spacial score (nSPS) is 10.3. The zero-order valence-corrected chi connectivity index (χ0v) is 12.5. The molecule has 0 saturated heterocycles. The average molecular weight is 315 g/mol. The number of benzene rings is 1. The highest BCUT2D eigenvalue weighted by atomic mass is 35.5. The number of nitrogens with one attached hydrogen (secondary N) is 2. The van der Waals surface area contributed by atoms with Crippen LogP contribution < -0.4 is 10.6 Å². The molecule has 1 aromatic carbocycles. The lowest BCUT2D eigenvalue weighted by Gasteiger charge is -2.05. The highest BCUT2D eigenvalue weighted by Gasteiger charge is 2.05. The van der Waals surface area contributed by atoms with Gasteiger partial charge in [0.05, 0.1) is 6.54 Å². The third-order valence-electron chi connectivity index (χ3n) is 2.46. The van der Waals surface area contributed by atoms with E-state index in [1.807, 2.05) is 24.4 Å². The van der Waals surface area contributed by atoms with Crippen LogP contribution >= 0.6 is 35.4 Å². The summed E-state index contributed by atoms with van der Waals surface area (Å²) in [5, 5.41) is 11.9. The summed E-state index contributed by atoms with van der Waals surface area (Å²) in [5.74, 6) is 0.685. The van der Waals surface area contributed by atoms with E-state index in [9.17, 15) is 0 Å². The van der Waals surface area contributed by atoms with Gasteiger partial charge in [0.2, 0.25) is 0 Å². The van der Waals surface area contributed by atoms with Gasteiger partial charge in [0.15, 0.2) is 10.9 Å². The number of nitrogens with zero attached hydrogens (tertiary/aromatic N) is 2. The second-order valence-electron chi connectivity index (χ2n) is 3.84. The van der Waals surface area contributed by atoms with E-state index in [2.05, 4.69) is 15.7 Å². The fraction of sp³-hybridized carbons (Fsp3) is 0.167. The van der Waals surface area contributed by atoms with Crippen LogP contribution in [-0.2, 0) is 6.54 Å². The largest absolute Gasteiger partial charge is 0.365 e. The van der Waals surface area contributed by atoms with Crippen LogP contribution in [0.25, 0.3) is 0 Å². The Labute approximate surface area is 126 Å². The summed E-state index contributed by atoms with van der Waals surface area (Å²) in [6, 6.07) is 7.25. The molecule has 0 aliphatic rings. The fourth-order valence-corrected chi connectivity index (χ4v) is 2.09. The van der Waals surface area contributed by atoms with Crippen LogP contribution in [0.15, 0.2) is 30.5 Å². The molecule has 7 heteroatoms. The van der Waals surface area contributed by atoms with Gasteiger partial charge in [-0.25, -0.2) is 0 Å². The molecule has 1 aromatic heterocycles. The van der Waals surface area contributed by atoms with Crippen molar-refractivity contribution in [3.63, 3.8) is 0 Å². The fourth-order valence-electron chi connectivity index (χ4n) is 1.52. The molecular formula is C12H12Cl2N4S. The highest BCUT2D eigenvalue weighted by Crippen LogP contribution is 2.21. The Balaban J connectivity index is 2.09. The van der Waals surface area contributed by atoms with Gasteiger partial charge in [-0.3, -0.25) is 4.68 Å². The number of anilines is 1. The van der Waals surface area contributed by atoms with Gasteiger partial charge in [0.25, 0.3) is 0 Å². The Morgan fingerprint density at radius 2 is 2.16 bits per heavy atom. The second-order valence-corrected chi connectivity index (χ2v) is 5.09. The smallest absolute Gasteiger partial charge is 0.171 e. The van der Waals surface area contributed by atoms with Gasteiger partial charge < -0.3 is 10.6 Å². The van der Waals surface area contributed by atoms with Crippen molar-refractivity contribution < 1.29 is 0 Å². The molecule has 2 aromatic rings. The van der Waals surface area contributed by atoms with Crippen LogP contribution in [0.4, 0.5) is 5.82 Å². The van der Waals surface area contributed by atoms with Gasteiger partial charge in [-0.05, 0) is 29.9 Å². The van der Waals surface area contributed by atoms with E-state index in [1.54, 1.807) is 17.8 Å². The first-order chi connectivity index (χ1) is 9.08. The average Bonchev–Trinajstić information content (AvgIpc) is 2.80. The molecule has 4 nitrogen and oxygen atoms in total. The summed E-state index contributed by atoms with van der Waals surface area (Å²) in [6.07, 6.45) is 1.85. The van der Waals surface area contributed by atoms with Crippen molar-refractivity contribution in [1.29, 1.82) is 0 Å². The van der Waals surface area contributed by atoms with Crippen molar-refractivity contribution >= 4 is 46.4 Å². The van der Waals surface area contributed by atoms with Crippen LogP contribution in [0.3, 0.4) is 0 Å². The van der Waals surface area contributed by atoms with Crippen molar-refractivity contribution in [2.24, 2.45) is 0 Å². The van der Waals surface area contributed by atoms with Gasteiger partial charge >= 0.3 is 0 Å². The first-order valence-electron chi connectivity index (χ1n) is 5.54. The quantitative estimate of drug-likeness (QED) is 0.854. The molecule has 2 rings (SSSR count). The number of rotatable bonds is 3. The molecule has 19 heavy (non-hydrogen) atoms. The van der Waals surface area contributed by atoms with Gasteiger partial charge in [-0.1, -0.05) is 29.3 Å². The number of hydrogen-bond donors (Lipinski definition) is 2. The molecule has 100 valence electrons. The molecule has 2 N–H and O–H groups in total. The summed E-state index contributed by atoms with van der Waals surface area (Å²) in [7, 11) is 1.75. The van der Waals surface area contributed by atoms with Crippen molar-refractivity contribution in [1.82, 2.24) is 15.1 Å². The molecule has 0 aliphatic carbocycles. The molecule has 0 unspecified atom stereocenters. The maximum Gasteiger partial charge on any atom is 0.171 e. The van der Waals surface area contributed by atoms with Crippen molar-refractivity contribution in [2.75, 3.05) is 12.4 Å². The maximum atomic E-state index is 6.12. The second kappa shape index (κ2) is 6.23. The van der Waals surface area contributed by atoms with Crippen LogP contribution in [0.1, 0.15) is 5.56 Å². The molecule has 0 spiro atoms. The van der Waals surface area contributed by atoms with Crippen molar-refractivity contribution in [3.8, 4) is 0 Å². The molecule has 0 bridgehead atoms. The molecule has 0 amide bonds. The maximum absolute atomic E-state index is 6.12. The van der Waals surface area contributed by atoms with E-state index < -0.39 is 0 Å². The third kappa shape index (κ3) is 3.83. The van der Waals surface area contributed by atoms with Crippen LogP contribution in [0.2, 0.25) is 10.0 Å². The minimum absolute atomic E-state index is 0.523. The topological polar surface area (TPSA) is 41.9 Å². The highest BCUT2D eigenvalue weighted by molar-refractivity contribution is 7.80. The van der Waals surface area contributed by atoms with Crippen LogP contribution in [0, 0.1) is 0 Å². The summed E-state index contributed by atoms with van der Waals surface area (Å²) < 4.78 is 1.77. The Morgan fingerprint density at radius 3 is 2.84 bits per heavy atom. The molecule has 0 atom stereocenters. The number of hydrogen-bond acceptors (Lipinski definition) is 2. The summed E-state index contributed by atoms with van der Waals surface area (Å²) >= 11 is 17.0. The first kappa shape index (κ1) is 14.1. The molecule has 0 saturated carbocycles. The number of thiocarbonyl (C=S) groups is 1. The molecule has 0 aliphatic heterocycles. The third-order valence-corrected chi connectivity index (χ3v) is 3.35. The Morgan fingerprint density at radius 1 is 1.37 bits per heavy atom. The minimum atomic E-state index is 0.523. The van der Waals surface area contributed by atoms with Crippen molar-refractivity contribution in [3.05, 3.63) is 46.1 Å². The SMILES string of the molecule is CNC(=S)Nc1ccn(Cc2ccc(Cl)cc2Cl)n1. The van der Waals surface area contributed by atoms with E-state index in [0.29, 0.717) is 27.5 Å². The standard InChI is InChI=1S/C12H12Cl2N4S/c1-15-12(19)16-11-4-5-18(17-11)7-8-2-3-9(13)6-10(8)14/h2-6H,7H2,1H3,(H2,15,16,17,19). The van der Waals surface area contributed by atoms with Gasteiger partial charge in [-0.15, -0.1) is 0 Å². The summed E-state index contributed by atoms with van der Waals surface area (Å²) in [4.78, 5) is 0. The van der Waals surface area contributed by atoms with Gasteiger partial charge in [-0.2, -0.15) is 5.10 Å². The molecule has 1 heterocycles. The zero-order valence-electron chi connectivity index (χ0n) is 10.2. The predicted molar refractivity (Wildman–Crippen MR) is 83.1 cm³/mol. The Kier molecular flexibility index (Phi) is 4.63. The van der Waals surface area contributed by atoms with Gasteiger partial charge in [0, 0.05) is 29.4 Å². The lowest BCUT2D eigenvalue weighted by Crippen LogP contribution is -2.24. The lowest BCUT2D eigenvalue weighted by molar-refractivity contribution is 0.690. The zero-order chi connectivity index (χ0) is 13.8. The predicted octanol–water partition coefficient (Wildman–Crippen LogP) is 3.15. The molecule has 0 fully saturated rings. The van der Waals surface area contributed by atoms with Crippen LogP contribution in [0.5, 0.6) is 0 Å². The number of aromatic nitrogens is 2. The Hall–Kier alpha value is -1.30. The van der Waals surface area contributed by atoms with Crippen molar-refractivity contribution in [2.45, 2.75) is 6.54 Å². The van der Waals surface area contributed by atoms with E-state index in [-0.39, 0.29) is 0 Å². The summed E-state index contributed by atoms with van der Waals surface area (Å²) in [6.45, 7) is 0.573. The monoisotopic (exact) mass is 314 g/mol. The minimum Gasteiger partial charge on any atom is -0.365 e. The van der Waals surface area contributed by atoms with E-state index in [0.717, 1.165) is 5.56 Å². The van der Waals surface area contributed by atoms with Gasteiger partial charge in [0.1, 0.15) is 0 Å². The lowest BCUT2D eigenvalue weighted by atomic mass is 10.2. The Bertz CT molecular complexity index is 597. The van der Waals surface area contributed by atoms with E-state index in [4.69, 9.17) is 35.4 Å². The molecule has 0 radical (unpaired) electrons. The number of halogens is 2.